The minimum atomic E-state index is -0.340. The van der Waals surface area contributed by atoms with Crippen LogP contribution < -0.4 is 5.32 Å². The number of carbonyl (C=O) groups excluding carboxylic acids is 2. The second-order valence-electron chi connectivity index (χ2n) is 8.28. The molecule has 1 saturated heterocycles. The molecule has 29 heavy (non-hydrogen) atoms. The van der Waals surface area contributed by atoms with Crippen molar-refractivity contribution in [2.75, 3.05) is 18.4 Å². The van der Waals surface area contributed by atoms with Crippen LogP contribution in [0.1, 0.15) is 60.9 Å². The fraction of sp³-hybridized carbons (Fsp3) is 0.429. The van der Waals surface area contributed by atoms with E-state index in [4.69, 9.17) is 0 Å². The molecule has 0 bridgehead atoms. The van der Waals surface area contributed by atoms with Crippen molar-refractivity contribution in [3.63, 3.8) is 0 Å². The number of nitrogens with one attached hydrogen (secondary N) is 1. The van der Waals surface area contributed by atoms with Crippen molar-refractivity contribution in [1.82, 2.24) is 19.7 Å². The lowest BCUT2D eigenvalue weighted by molar-refractivity contribution is 0.0718. The molecule has 0 spiro atoms. The maximum Gasteiger partial charge on any atom is 0.275 e. The SMILES string of the molecule is CC(C)(C)n1nc(C(=O)N2CCCCC2)c2sc(NC(=O)c3ccccc3)nc21. The lowest BCUT2D eigenvalue weighted by Gasteiger charge is -2.26. The van der Waals surface area contributed by atoms with Crippen LogP contribution >= 0.6 is 11.3 Å². The van der Waals surface area contributed by atoms with Gasteiger partial charge < -0.3 is 4.90 Å². The smallest absolute Gasteiger partial charge is 0.275 e. The summed E-state index contributed by atoms with van der Waals surface area (Å²) in [5.74, 6) is -0.275. The Morgan fingerprint density at radius 1 is 1.07 bits per heavy atom. The number of hydrogen-bond donors (Lipinski definition) is 1. The summed E-state index contributed by atoms with van der Waals surface area (Å²) >= 11 is 1.30. The third-order valence-corrected chi connectivity index (χ3v) is 5.93. The molecule has 0 unspecified atom stereocenters. The molecule has 2 aromatic heterocycles. The number of piperidine rings is 1. The number of carbonyl (C=O) groups is 2. The monoisotopic (exact) mass is 411 g/mol. The number of anilines is 1. The third-order valence-electron chi connectivity index (χ3n) is 4.96. The first-order valence-corrected chi connectivity index (χ1v) is 10.7. The summed E-state index contributed by atoms with van der Waals surface area (Å²) in [4.78, 5) is 32.2. The largest absolute Gasteiger partial charge is 0.337 e. The van der Waals surface area contributed by atoms with E-state index in [9.17, 15) is 9.59 Å². The fourth-order valence-corrected chi connectivity index (χ4v) is 4.39. The molecule has 0 atom stereocenters. The first-order chi connectivity index (χ1) is 13.8. The summed E-state index contributed by atoms with van der Waals surface area (Å²) in [6.07, 6.45) is 3.21. The van der Waals surface area contributed by atoms with Gasteiger partial charge in [0.2, 0.25) is 0 Å². The molecule has 0 aliphatic carbocycles. The summed E-state index contributed by atoms with van der Waals surface area (Å²) in [5.41, 5.74) is 1.28. The Bertz CT molecular complexity index is 1040. The van der Waals surface area contributed by atoms with Gasteiger partial charge in [-0.3, -0.25) is 14.9 Å². The fourth-order valence-electron chi connectivity index (χ4n) is 3.47. The number of nitrogens with zero attached hydrogens (tertiary/aromatic N) is 4. The Morgan fingerprint density at radius 3 is 2.41 bits per heavy atom. The molecule has 4 rings (SSSR count). The highest BCUT2D eigenvalue weighted by molar-refractivity contribution is 7.22. The predicted molar refractivity (Wildman–Crippen MR) is 115 cm³/mol. The molecule has 1 aliphatic heterocycles. The van der Waals surface area contributed by atoms with E-state index in [1.54, 1.807) is 16.8 Å². The van der Waals surface area contributed by atoms with Gasteiger partial charge in [0.15, 0.2) is 16.5 Å². The van der Waals surface area contributed by atoms with Gasteiger partial charge in [-0.2, -0.15) is 10.1 Å². The quantitative estimate of drug-likeness (QED) is 0.703. The van der Waals surface area contributed by atoms with Crippen molar-refractivity contribution >= 4 is 38.6 Å². The van der Waals surface area contributed by atoms with Crippen LogP contribution in [-0.2, 0) is 5.54 Å². The van der Waals surface area contributed by atoms with Gasteiger partial charge in [0.05, 0.1) is 5.54 Å². The number of rotatable bonds is 3. The van der Waals surface area contributed by atoms with Crippen LogP contribution in [0.2, 0.25) is 0 Å². The second-order valence-corrected chi connectivity index (χ2v) is 9.28. The van der Waals surface area contributed by atoms with Crippen LogP contribution in [0, 0.1) is 0 Å². The molecule has 1 fully saturated rings. The Hall–Kier alpha value is -2.74. The average Bonchev–Trinajstić information content (AvgIpc) is 3.27. The molecule has 152 valence electrons. The second kappa shape index (κ2) is 7.59. The molecule has 0 radical (unpaired) electrons. The zero-order chi connectivity index (χ0) is 20.6. The van der Waals surface area contributed by atoms with Crippen LogP contribution in [0.25, 0.3) is 10.3 Å². The highest BCUT2D eigenvalue weighted by Gasteiger charge is 2.30. The summed E-state index contributed by atoms with van der Waals surface area (Å²) in [6.45, 7) is 7.60. The van der Waals surface area contributed by atoms with Crippen molar-refractivity contribution in [2.45, 2.75) is 45.6 Å². The first kappa shape index (κ1) is 19.6. The maximum absolute atomic E-state index is 13.1. The van der Waals surface area contributed by atoms with Crippen molar-refractivity contribution in [1.29, 1.82) is 0 Å². The Labute approximate surface area is 173 Å². The molecule has 1 aromatic carbocycles. The Kier molecular flexibility index (Phi) is 5.12. The molecule has 7 nitrogen and oxygen atoms in total. The Balaban J connectivity index is 1.71. The summed E-state index contributed by atoms with van der Waals surface area (Å²) < 4.78 is 2.51. The van der Waals surface area contributed by atoms with Crippen molar-refractivity contribution in [2.24, 2.45) is 0 Å². The highest BCUT2D eigenvalue weighted by Crippen LogP contribution is 2.33. The molecule has 2 amide bonds. The number of hydrogen-bond acceptors (Lipinski definition) is 5. The molecular formula is C21H25N5O2S. The van der Waals surface area contributed by atoms with Crippen molar-refractivity contribution < 1.29 is 9.59 Å². The number of amides is 2. The summed E-state index contributed by atoms with van der Waals surface area (Å²) in [7, 11) is 0. The van der Waals surface area contributed by atoms with E-state index in [-0.39, 0.29) is 17.4 Å². The minimum Gasteiger partial charge on any atom is -0.337 e. The standard InChI is InChI=1S/C21H25N5O2S/c1-21(2,3)26-17-16(15(24-26)19(28)25-12-8-5-9-13-25)29-20(22-17)23-18(27)14-10-6-4-7-11-14/h4,6-7,10-11H,5,8-9,12-13H2,1-3H3,(H,22,23,27). The molecule has 3 aromatic rings. The van der Waals surface area contributed by atoms with E-state index in [1.807, 2.05) is 43.9 Å². The number of fused-ring (bicyclic) bond motifs is 1. The normalized spacial score (nSPS) is 14.9. The van der Waals surface area contributed by atoms with Gasteiger partial charge in [0.1, 0.15) is 4.70 Å². The van der Waals surface area contributed by atoms with E-state index >= 15 is 0 Å². The van der Waals surface area contributed by atoms with Gasteiger partial charge in [-0.25, -0.2) is 4.68 Å². The van der Waals surface area contributed by atoms with Gasteiger partial charge in [-0.15, -0.1) is 0 Å². The predicted octanol–water partition coefficient (Wildman–Crippen LogP) is 4.13. The molecule has 8 heteroatoms. The minimum absolute atomic E-state index is 0.0534. The van der Waals surface area contributed by atoms with Gasteiger partial charge >= 0.3 is 0 Å². The molecule has 3 heterocycles. The zero-order valence-electron chi connectivity index (χ0n) is 16.9. The van der Waals surface area contributed by atoms with Crippen molar-refractivity contribution in [3.8, 4) is 0 Å². The maximum atomic E-state index is 13.1. The molecular weight excluding hydrogens is 386 g/mol. The number of aromatic nitrogens is 3. The van der Waals surface area contributed by atoms with E-state index in [0.29, 0.717) is 22.0 Å². The van der Waals surface area contributed by atoms with Crippen molar-refractivity contribution in [3.05, 3.63) is 41.6 Å². The number of thiazole rings is 1. The Morgan fingerprint density at radius 2 is 1.76 bits per heavy atom. The highest BCUT2D eigenvalue weighted by atomic mass is 32.1. The van der Waals surface area contributed by atoms with E-state index in [2.05, 4.69) is 15.4 Å². The lowest BCUT2D eigenvalue weighted by atomic mass is 10.1. The van der Waals surface area contributed by atoms with Crippen LogP contribution in [0.3, 0.4) is 0 Å². The summed E-state index contributed by atoms with van der Waals surface area (Å²) in [5, 5.41) is 7.96. The van der Waals surface area contributed by atoms with Gasteiger partial charge in [-0.1, -0.05) is 29.5 Å². The van der Waals surface area contributed by atoms with E-state index < -0.39 is 0 Å². The zero-order valence-corrected chi connectivity index (χ0v) is 17.8. The lowest BCUT2D eigenvalue weighted by Crippen LogP contribution is -2.36. The van der Waals surface area contributed by atoms with Crippen LogP contribution in [0.5, 0.6) is 0 Å². The summed E-state index contributed by atoms with van der Waals surface area (Å²) in [6, 6.07) is 9.01. The van der Waals surface area contributed by atoms with Crippen LogP contribution in [0.4, 0.5) is 5.13 Å². The van der Waals surface area contributed by atoms with Crippen LogP contribution in [0.15, 0.2) is 30.3 Å². The molecule has 1 N–H and O–H groups in total. The first-order valence-electron chi connectivity index (χ1n) is 9.90. The van der Waals surface area contributed by atoms with E-state index in [0.717, 1.165) is 37.1 Å². The third kappa shape index (κ3) is 3.89. The topological polar surface area (TPSA) is 80.1 Å². The molecule has 0 saturated carbocycles. The van der Waals surface area contributed by atoms with Gasteiger partial charge in [0, 0.05) is 18.7 Å². The van der Waals surface area contributed by atoms with Gasteiger partial charge in [0.25, 0.3) is 11.8 Å². The average molecular weight is 412 g/mol. The number of likely N-dealkylation sites (tertiary alicyclic amines) is 1. The molecule has 1 aliphatic rings. The van der Waals surface area contributed by atoms with E-state index in [1.165, 1.54) is 11.3 Å². The van der Waals surface area contributed by atoms with Gasteiger partial charge in [-0.05, 0) is 52.2 Å². The number of benzene rings is 1. The van der Waals surface area contributed by atoms with Crippen LogP contribution in [-0.4, -0.2) is 44.6 Å².